The molecule has 23 heavy (non-hydrogen) atoms. The van der Waals surface area contributed by atoms with Gasteiger partial charge in [-0.05, 0) is 43.7 Å². The zero-order chi connectivity index (χ0) is 16.7. The highest BCUT2D eigenvalue weighted by atomic mass is 16.5. The van der Waals surface area contributed by atoms with Gasteiger partial charge >= 0.3 is 0 Å². The molecule has 0 aliphatic heterocycles. The van der Waals surface area contributed by atoms with Gasteiger partial charge < -0.3 is 15.4 Å². The highest BCUT2D eigenvalue weighted by molar-refractivity contribution is 5.95. The van der Waals surface area contributed by atoms with Gasteiger partial charge in [0, 0.05) is 5.69 Å². The van der Waals surface area contributed by atoms with Crippen LogP contribution in [0.3, 0.4) is 0 Å². The van der Waals surface area contributed by atoms with Gasteiger partial charge in [-0.1, -0.05) is 36.4 Å². The van der Waals surface area contributed by atoms with E-state index in [-0.39, 0.29) is 12.5 Å². The molecule has 0 aliphatic rings. The quantitative estimate of drug-likeness (QED) is 0.760. The molecule has 120 valence electrons. The first-order chi connectivity index (χ1) is 11.0. The van der Waals surface area contributed by atoms with Crippen LogP contribution in [0.1, 0.15) is 12.5 Å². The summed E-state index contributed by atoms with van der Waals surface area (Å²) in [6, 6.07) is 15.3. The second-order valence-corrected chi connectivity index (χ2v) is 5.51. The van der Waals surface area contributed by atoms with Crippen molar-refractivity contribution in [3.05, 3.63) is 66.2 Å². The normalized spacial score (nSPS) is 10.0. The third-order valence-electron chi connectivity index (χ3n) is 3.14. The molecule has 0 heterocycles. The van der Waals surface area contributed by atoms with Crippen LogP contribution in [0.25, 0.3) is 0 Å². The van der Waals surface area contributed by atoms with Crippen LogP contribution in [0, 0.1) is 6.92 Å². The van der Waals surface area contributed by atoms with Gasteiger partial charge in [-0.3, -0.25) is 4.79 Å². The SMILES string of the molecule is C=C(C)COc1ccccc1NC(=O)CNc1ccc(C)cc1. The minimum Gasteiger partial charge on any atom is -0.487 e. The summed E-state index contributed by atoms with van der Waals surface area (Å²) in [5.41, 5.74) is 3.68. The number of benzene rings is 2. The van der Waals surface area contributed by atoms with E-state index in [0.29, 0.717) is 18.0 Å². The number of carbonyl (C=O) groups excluding carboxylic acids is 1. The Hall–Kier alpha value is -2.75. The molecule has 0 atom stereocenters. The fourth-order valence-corrected chi connectivity index (χ4v) is 1.94. The zero-order valence-electron chi connectivity index (χ0n) is 13.6. The first-order valence-corrected chi connectivity index (χ1v) is 7.51. The topological polar surface area (TPSA) is 50.4 Å². The maximum absolute atomic E-state index is 12.1. The van der Waals surface area contributed by atoms with E-state index < -0.39 is 0 Å². The van der Waals surface area contributed by atoms with E-state index in [0.717, 1.165) is 11.3 Å². The van der Waals surface area contributed by atoms with E-state index >= 15 is 0 Å². The van der Waals surface area contributed by atoms with Crippen molar-refractivity contribution in [2.24, 2.45) is 0 Å². The average molecular weight is 310 g/mol. The van der Waals surface area contributed by atoms with Gasteiger partial charge in [-0.2, -0.15) is 0 Å². The van der Waals surface area contributed by atoms with E-state index in [4.69, 9.17) is 4.74 Å². The second-order valence-electron chi connectivity index (χ2n) is 5.51. The summed E-state index contributed by atoms with van der Waals surface area (Å²) >= 11 is 0. The number of para-hydroxylation sites is 2. The highest BCUT2D eigenvalue weighted by Crippen LogP contribution is 2.24. The van der Waals surface area contributed by atoms with Crippen molar-refractivity contribution < 1.29 is 9.53 Å². The summed E-state index contributed by atoms with van der Waals surface area (Å²) in [6.07, 6.45) is 0. The number of anilines is 2. The molecule has 2 rings (SSSR count). The molecule has 0 fully saturated rings. The van der Waals surface area contributed by atoms with Crippen molar-refractivity contribution in [3.63, 3.8) is 0 Å². The summed E-state index contributed by atoms with van der Waals surface area (Å²) in [5.74, 6) is 0.510. The third kappa shape index (κ3) is 5.51. The van der Waals surface area contributed by atoms with Crippen molar-refractivity contribution in [3.8, 4) is 5.75 Å². The molecule has 4 nitrogen and oxygen atoms in total. The molecule has 0 aromatic heterocycles. The largest absolute Gasteiger partial charge is 0.487 e. The number of ether oxygens (including phenoxy) is 1. The predicted molar refractivity (Wildman–Crippen MR) is 95.0 cm³/mol. The molecule has 0 saturated carbocycles. The third-order valence-corrected chi connectivity index (χ3v) is 3.14. The number of carbonyl (C=O) groups is 1. The van der Waals surface area contributed by atoms with Crippen LogP contribution in [0.2, 0.25) is 0 Å². The summed E-state index contributed by atoms with van der Waals surface area (Å²) in [6.45, 7) is 8.35. The first-order valence-electron chi connectivity index (χ1n) is 7.51. The van der Waals surface area contributed by atoms with Gasteiger partial charge in [-0.25, -0.2) is 0 Å². The molecule has 0 unspecified atom stereocenters. The molecule has 1 amide bonds. The second kappa shape index (κ2) is 8.03. The van der Waals surface area contributed by atoms with Crippen molar-refractivity contribution in [1.29, 1.82) is 0 Å². The summed E-state index contributed by atoms with van der Waals surface area (Å²) in [4.78, 5) is 12.1. The molecule has 2 aromatic carbocycles. The van der Waals surface area contributed by atoms with Crippen LogP contribution < -0.4 is 15.4 Å². The smallest absolute Gasteiger partial charge is 0.243 e. The van der Waals surface area contributed by atoms with E-state index in [1.807, 2.05) is 62.4 Å². The van der Waals surface area contributed by atoms with Crippen molar-refractivity contribution in [2.45, 2.75) is 13.8 Å². The number of nitrogens with one attached hydrogen (secondary N) is 2. The fourth-order valence-electron chi connectivity index (χ4n) is 1.94. The molecule has 2 N–H and O–H groups in total. The van der Waals surface area contributed by atoms with Crippen LogP contribution in [0.5, 0.6) is 5.75 Å². The van der Waals surface area contributed by atoms with Crippen LogP contribution in [-0.4, -0.2) is 19.1 Å². The number of rotatable bonds is 7. The molecule has 0 aliphatic carbocycles. The Labute approximate surface area is 137 Å². The maximum Gasteiger partial charge on any atom is 0.243 e. The standard InChI is InChI=1S/C19H22N2O2/c1-14(2)13-23-18-7-5-4-6-17(18)21-19(22)12-20-16-10-8-15(3)9-11-16/h4-11,20H,1,12-13H2,2-3H3,(H,21,22). The lowest BCUT2D eigenvalue weighted by Gasteiger charge is -2.13. The first kappa shape index (κ1) is 16.6. The molecular formula is C19H22N2O2. The Morgan fingerprint density at radius 2 is 1.83 bits per heavy atom. The summed E-state index contributed by atoms with van der Waals surface area (Å²) < 4.78 is 5.64. The van der Waals surface area contributed by atoms with Crippen molar-refractivity contribution >= 4 is 17.3 Å². The van der Waals surface area contributed by atoms with Crippen LogP contribution in [0.15, 0.2) is 60.7 Å². The maximum atomic E-state index is 12.1. The molecule has 4 heteroatoms. The van der Waals surface area contributed by atoms with Crippen LogP contribution in [-0.2, 0) is 4.79 Å². The molecule has 2 aromatic rings. The monoisotopic (exact) mass is 310 g/mol. The lowest BCUT2D eigenvalue weighted by atomic mass is 10.2. The summed E-state index contributed by atoms with van der Waals surface area (Å²) in [5, 5.41) is 5.95. The highest BCUT2D eigenvalue weighted by Gasteiger charge is 2.07. The minimum absolute atomic E-state index is 0.128. The average Bonchev–Trinajstić information content (AvgIpc) is 2.53. The molecule has 0 bridgehead atoms. The van der Waals surface area contributed by atoms with Gasteiger partial charge in [0.05, 0.1) is 12.2 Å². The number of hydrogen-bond donors (Lipinski definition) is 2. The Balaban J connectivity index is 1.92. The van der Waals surface area contributed by atoms with Gasteiger partial charge in [0.2, 0.25) is 5.91 Å². The molecule has 0 saturated heterocycles. The van der Waals surface area contributed by atoms with E-state index in [2.05, 4.69) is 17.2 Å². The Bertz CT molecular complexity index is 678. The number of amides is 1. The van der Waals surface area contributed by atoms with Gasteiger partial charge in [0.25, 0.3) is 0 Å². The van der Waals surface area contributed by atoms with Gasteiger partial charge in [-0.15, -0.1) is 0 Å². The zero-order valence-corrected chi connectivity index (χ0v) is 13.6. The van der Waals surface area contributed by atoms with Gasteiger partial charge in [0.1, 0.15) is 12.4 Å². The van der Waals surface area contributed by atoms with Crippen LogP contribution in [0.4, 0.5) is 11.4 Å². The van der Waals surface area contributed by atoms with Crippen LogP contribution >= 0.6 is 0 Å². The minimum atomic E-state index is -0.128. The lowest BCUT2D eigenvalue weighted by Crippen LogP contribution is -2.22. The van der Waals surface area contributed by atoms with E-state index in [9.17, 15) is 4.79 Å². The molecule has 0 spiro atoms. The fraction of sp³-hybridized carbons (Fsp3) is 0.211. The van der Waals surface area contributed by atoms with E-state index in [1.54, 1.807) is 0 Å². The van der Waals surface area contributed by atoms with Gasteiger partial charge in [0.15, 0.2) is 0 Å². The Morgan fingerprint density at radius 3 is 2.52 bits per heavy atom. The molecular weight excluding hydrogens is 288 g/mol. The van der Waals surface area contributed by atoms with Crippen molar-refractivity contribution in [2.75, 3.05) is 23.8 Å². The van der Waals surface area contributed by atoms with Crippen molar-refractivity contribution in [1.82, 2.24) is 0 Å². The Kier molecular flexibility index (Phi) is 5.80. The predicted octanol–water partition coefficient (Wildman–Crippen LogP) is 4.00. The summed E-state index contributed by atoms with van der Waals surface area (Å²) in [7, 11) is 0. The Morgan fingerprint density at radius 1 is 1.13 bits per heavy atom. The number of aryl methyl sites for hydroxylation is 1. The molecule has 0 radical (unpaired) electrons. The number of hydrogen-bond acceptors (Lipinski definition) is 3. The van der Waals surface area contributed by atoms with E-state index in [1.165, 1.54) is 5.56 Å². The lowest BCUT2D eigenvalue weighted by molar-refractivity contribution is -0.114.